The lowest BCUT2D eigenvalue weighted by Crippen LogP contribution is -2.51. The molecule has 6 atom stereocenters. The van der Waals surface area contributed by atoms with Crippen LogP contribution in [0.15, 0.2) is 60.0 Å². The molecule has 9 amide bonds. The number of rotatable bonds is 30. The SMILES string of the molecule is CCCO[C@H](CC(C(C)C)N(CCC)C(=O)C[C@@H](C)CC)c1nc(C(=O)N[C@H]2Cc3ccc(O)cc3[C@H](C(=O)NNC(=O)OCc3ccc(NC(=O)CNC(=O)C(NC(=O)CCCCCN4C(=O)C=CC4=O)C(C)C)cc3)C2)cs1. The molecule has 2 aromatic carbocycles. The van der Waals surface area contributed by atoms with Crippen LogP contribution in [0.4, 0.5) is 10.5 Å². The Morgan fingerprint density at radius 2 is 1.60 bits per heavy atom. The molecule has 0 spiro atoms. The van der Waals surface area contributed by atoms with E-state index in [1.54, 1.807) is 49.6 Å². The average molecular weight is 1130 g/mol. The van der Waals surface area contributed by atoms with E-state index in [4.69, 9.17) is 14.5 Å². The lowest BCUT2D eigenvalue weighted by atomic mass is 9.79. The van der Waals surface area contributed by atoms with Crippen LogP contribution in [0.1, 0.15) is 164 Å². The summed E-state index contributed by atoms with van der Waals surface area (Å²) in [6.07, 6.45) is 6.85. The maximum Gasteiger partial charge on any atom is 0.426 e. The van der Waals surface area contributed by atoms with E-state index in [-0.39, 0.29) is 91.4 Å². The molecule has 2 aliphatic rings. The van der Waals surface area contributed by atoms with E-state index >= 15 is 0 Å². The number of thiazole rings is 1. The van der Waals surface area contributed by atoms with Crippen molar-refractivity contribution >= 4 is 70.4 Å². The topological polar surface area (TPSA) is 284 Å². The molecule has 21 nitrogen and oxygen atoms in total. The standard InChI is InChI=1S/C58H81N9O12S/c1-9-24-66(52(73)27-37(8)11-3)46(35(4)5)31-47(78-26-10-2)57-62-45(34-80-57)55(75)61-41-28-39-18-21-42(68)30-43(39)44(29-41)54(74)64-65-58(77)79-33-38-16-19-40(20-17-38)60-49(70)32-59-56(76)53(36(6)7)63-48(69)15-13-12-14-25-67-50(71)22-23-51(67)72/h16-23,30,34-37,41,44,46-47,53,68H,9-15,24-29,31-33H2,1-8H3,(H,59,76)(H,60,70)(H,61,75)(H,63,69)(H,64,74)(H,65,77)/t37-,41-,44+,46?,47+,53?/m0/s1. The highest BCUT2D eigenvalue weighted by atomic mass is 32.1. The number of unbranched alkanes of at least 4 members (excludes halogenated alkanes) is 2. The smallest absolute Gasteiger partial charge is 0.426 e. The minimum atomic E-state index is -0.960. The third-order valence-electron chi connectivity index (χ3n) is 14.1. The average Bonchev–Trinajstić information content (AvgIpc) is 4.06. The predicted octanol–water partition coefficient (Wildman–Crippen LogP) is 6.87. The number of hydrazine groups is 1. The zero-order chi connectivity index (χ0) is 58.5. The first kappa shape index (κ1) is 63.6. The van der Waals surface area contributed by atoms with Crippen molar-refractivity contribution in [1.29, 1.82) is 0 Å². The first-order valence-corrected chi connectivity index (χ1v) is 28.8. The Morgan fingerprint density at radius 3 is 2.26 bits per heavy atom. The number of benzene rings is 2. The number of aromatic nitrogens is 1. The number of hydrogen-bond donors (Lipinski definition) is 7. The fraction of sp³-hybridized carbons (Fsp3) is 0.552. The molecule has 436 valence electrons. The number of aromatic hydroxyl groups is 1. The van der Waals surface area contributed by atoms with E-state index in [0.29, 0.717) is 73.5 Å². The van der Waals surface area contributed by atoms with Crippen LogP contribution in [0.3, 0.4) is 0 Å². The highest BCUT2D eigenvalue weighted by Crippen LogP contribution is 2.35. The highest BCUT2D eigenvalue weighted by molar-refractivity contribution is 7.09. The molecule has 0 fully saturated rings. The molecule has 5 rings (SSSR count). The van der Waals surface area contributed by atoms with Crippen molar-refractivity contribution in [2.75, 3.05) is 31.6 Å². The predicted molar refractivity (Wildman–Crippen MR) is 301 cm³/mol. The fourth-order valence-corrected chi connectivity index (χ4v) is 10.3. The van der Waals surface area contributed by atoms with Gasteiger partial charge in [-0.15, -0.1) is 11.3 Å². The van der Waals surface area contributed by atoms with Crippen molar-refractivity contribution < 1.29 is 57.7 Å². The second-order valence-corrected chi connectivity index (χ2v) is 22.1. The zero-order valence-corrected chi connectivity index (χ0v) is 48.2. The van der Waals surface area contributed by atoms with Crippen molar-refractivity contribution in [1.82, 2.24) is 41.6 Å². The van der Waals surface area contributed by atoms with Gasteiger partial charge in [0, 0.05) is 74.3 Å². The summed E-state index contributed by atoms with van der Waals surface area (Å²) in [5.41, 5.74) is 7.11. The van der Waals surface area contributed by atoms with E-state index < -0.39 is 53.8 Å². The third-order valence-corrected chi connectivity index (χ3v) is 15.0. The molecule has 7 N–H and O–H groups in total. The van der Waals surface area contributed by atoms with Gasteiger partial charge in [-0.05, 0) is 97.2 Å². The minimum Gasteiger partial charge on any atom is -0.508 e. The summed E-state index contributed by atoms with van der Waals surface area (Å²) in [6.45, 7) is 16.8. The zero-order valence-electron chi connectivity index (χ0n) is 47.4. The summed E-state index contributed by atoms with van der Waals surface area (Å²) in [7, 11) is 0. The van der Waals surface area contributed by atoms with Crippen molar-refractivity contribution in [3.05, 3.63) is 87.4 Å². The summed E-state index contributed by atoms with van der Waals surface area (Å²) < 4.78 is 11.7. The lowest BCUT2D eigenvalue weighted by molar-refractivity contribution is -0.138. The third kappa shape index (κ3) is 19.3. The van der Waals surface area contributed by atoms with Gasteiger partial charge in [0.15, 0.2) is 0 Å². The lowest BCUT2D eigenvalue weighted by Gasteiger charge is -2.37. The van der Waals surface area contributed by atoms with E-state index in [0.717, 1.165) is 29.7 Å². The molecular weight excluding hydrogens is 1050 g/mol. The maximum absolute atomic E-state index is 13.9. The molecule has 0 saturated carbocycles. The van der Waals surface area contributed by atoms with Crippen LogP contribution >= 0.6 is 11.3 Å². The molecule has 1 aliphatic carbocycles. The second kappa shape index (κ2) is 31.6. The van der Waals surface area contributed by atoms with Crippen LogP contribution in [0.2, 0.25) is 0 Å². The molecule has 2 heterocycles. The first-order chi connectivity index (χ1) is 38.2. The van der Waals surface area contributed by atoms with Crippen LogP contribution in [-0.2, 0) is 56.1 Å². The quantitative estimate of drug-likeness (QED) is 0.0204. The number of carbonyl (C=O) groups is 9. The Morgan fingerprint density at radius 1 is 0.875 bits per heavy atom. The number of phenolic OH excluding ortho intramolecular Hbond substituents is 1. The first-order valence-electron chi connectivity index (χ1n) is 27.9. The molecule has 1 aromatic heterocycles. The second-order valence-electron chi connectivity index (χ2n) is 21.2. The number of nitrogens with zero attached hydrogens (tertiary/aromatic N) is 3. The Hall–Kier alpha value is -7.20. The Bertz CT molecular complexity index is 2640. The van der Waals surface area contributed by atoms with Gasteiger partial charge in [-0.25, -0.2) is 15.2 Å². The largest absolute Gasteiger partial charge is 0.508 e. The van der Waals surface area contributed by atoms with Crippen LogP contribution in [0.5, 0.6) is 5.75 Å². The number of phenols is 1. The minimum absolute atomic E-state index is 0.0486. The number of fused-ring (bicyclic) bond motifs is 1. The Labute approximate surface area is 473 Å². The molecular formula is C58H81N9O12S. The van der Waals surface area contributed by atoms with Gasteiger partial charge in [-0.2, -0.15) is 0 Å². The molecule has 22 heteroatoms. The van der Waals surface area contributed by atoms with E-state index in [1.165, 1.54) is 35.6 Å². The number of ether oxygens (including phenoxy) is 2. The van der Waals surface area contributed by atoms with E-state index in [9.17, 15) is 48.3 Å². The van der Waals surface area contributed by atoms with Gasteiger partial charge >= 0.3 is 6.09 Å². The van der Waals surface area contributed by atoms with Gasteiger partial charge in [0.2, 0.25) is 29.5 Å². The molecule has 1 aliphatic heterocycles. The number of imide groups is 1. The number of hydrogen-bond acceptors (Lipinski definition) is 14. The normalized spacial score (nSPS) is 16.3. The summed E-state index contributed by atoms with van der Waals surface area (Å²) in [5, 5.41) is 23.7. The van der Waals surface area contributed by atoms with Crippen molar-refractivity contribution in [2.45, 2.75) is 163 Å². The van der Waals surface area contributed by atoms with Crippen LogP contribution in [-0.4, -0.2) is 118 Å². The van der Waals surface area contributed by atoms with Gasteiger partial charge < -0.3 is 40.7 Å². The molecule has 80 heavy (non-hydrogen) atoms. The summed E-state index contributed by atoms with van der Waals surface area (Å²) in [6, 6.07) is 9.57. The number of nitrogens with one attached hydrogen (secondary N) is 6. The molecule has 0 bridgehead atoms. The van der Waals surface area contributed by atoms with Gasteiger partial charge in [0.25, 0.3) is 17.7 Å². The van der Waals surface area contributed by atoms with E-state index in [2.05, 4.69) is 66.7 Å². The van der Waals surface area contributed by atoms with Crippen molar-refractivity contribution in [3.8, 4) is 5.75 Å². The van der Waals surface area contributed by atoms with E-state index in [1.807, 2.05) is 11.8 Å². The summed E-state index contributed by atoms with van der Waals surface area (Å²) in [5.74, 6) is -3.79. The highest BCUT2D eigenvalue weighted by Gasteiger charge is 2.35. The van der Waals surface area contributed by atoms with Crippen molar-refractivity contribution in [2.24, 2.45) is 17.8 Å². The summed E-state index contributed by atoms with van der Waals surface area (Å²) >= 11 is 1.33. The molecule has 0 saturated heterocycles. The van der Waals surface area contributed by atoms with Gasteiger partial charge in [-0.1, -0.05) is 86.4 Å². The summed E-state index contributed by atoms with van der Waals surface area (Å²) in [4.78, 5) is 124. The Kier molecular flexibility index (Phi) is 25.1. The van der Waals surface area contributed by atoms with Crippen LogP contribution in [0, 0.1) is 17.8 Å². The monoisotopic (exact) mass is 1130 g/mol. The van der Waals surface area contributed by atoms with Gasteiger partial charge in [-0.3, -0.25) is 48.7 Å². The number of amides is 9. The van der Waals surface area contributed by atoms with Crippen LogP contribution < -0.4 is 32.1 Å². The maximum atomic E-state index is 13.9. The van der Waals surface area contributed by atoms with Gasteiger partial charge in [0.05, 0.1) is 12.5 Å². The number of carbonyl (C=O) groups excluding carboxylic acids is 9. The van der Waals surface area contributed by atoms with Crippen LogP contribution in [0.25, 0.3) is 0 Å². The number of anilines is 1. The molecule has 0 radical (unpaired) electrons. The molecule has 3 aromatic rings. The van der Waals surface area contributed by atoms with Crippen molar-refractivity contribution in [3.63, 3.8) is 0 Å². The molecule has 2 unspecified atom stereocenters. The fourth-order valence-electron chi connectivity index (χ4n) is 9.48. The van der Waals surface area contributed by atoms with Gasteiger partial charge in [0.1, 0.15) is 35.2 Å². The Balaban J connectivity index is 1.08.